The first kappa shape index (κ1) is 10.0. The SMILES string of the molecule is Cc1ccc(-c2nnc3cccc(C)n23)cc1. The molecule has 0 fully saturated rings. The van der Waals surface area contributed by atoms with Crippen molar-refractivity contribution in [3.63, 3.8) is 0 Å². The Kier molecular flexibility index (Phi) is 2.18. The highest BCUT2D eigenvalue weighted by Crippen LogP contribution is 2.20. The number of benzene rings is 1. The summed E-state index contributed by atoms with van der Waals surface area (Å²) in [5, 5.41) is 8.46. The molecule has 0 aliphatic carbocycles. The highest BCUT2D eigenvalue weighted by atomic mass is 15.2. The number of aromatic nitrogens is 3. The number of aryl methyl sites for hydroxylation is 2. The molecule has 17 heavy (non-hydrogen) atoms. The topological polar surface area (TPSA) is 30.2 Å². The van der Waals surface area contributed by atoms with Crippen LogP contribution in [0.5, 0.6) is 0 Å². The second kappa shape index (κ2) is 3.70. The Morgan fingerprint density at radius 2 is 1.65 bits per heavy atom. The first-order valence-corrected chi connectivity index (χ1v) is 5.63. The molecule has 2 heterocycles. The Morgan fingerprint density at radius 1 is 0.882 bits per heavy atom. The summed E-state index contributed by atoms with van der Waals surface area (Å²) >= 11 is 0. The number of fused-ring (bicyclic) bond motifs is 1. The first-order valence-electron chi connectivity index (χ1n) is 5.63. The Bertz CT molecular complexity index is 666. The number of hydrogen-bond acceptors (Lipinski definition) is 2. The lowest BCUT2D eigenvalue weighted by Crippen LogP contribution is -1.93. The maximum Gasteiger partial charge on any atom is 0.168 e. The van der Waals surface area contributed by atoms with E-state index in [1.54, 1.807) is 0 Å². The van der Waals surface area contributed by atoms with Gasteiger partial charge in [0.05, 0.1) is 0 Å². The third kappa shape index (κ3) is 1.60. The van der Waals surface area contributed by atoms with Crippen LogP contribution in [-0.2, 0) is 0 Å². The van der Waals surface area contributed by atoms with Gasteiger partial charge in [-0.15, -0.1) is 10.2 Å². The molecule has 1 aromatic carbocycles. The Labute approximate surface area is 99.7 Å². The van der Waals surface area contributed by atoms with Crippen molar-refractivity contribution < 1.29 is 0 Å². The summed E-state index contributed by atoms with van der Waals surface area (Å²) < 4.78 is 2.07. The normalized spacial score (nSPS) is 10.9. The molecule has 84 valence electrons. The predicted molar refractivity (Wildman–Crippen MR) is 67.9 cm³/mol. The van der Waals surface area contributed by atoms with Gasteiger partial charge in [-0.05, 0) is 26.0 Å². The minimum absolute atomic E-state index is 0.889. The molecule has 0 N–H and O–H groups in total. The standard InChI is InChI=1S/C14H13N3/c1-10-6-8-12(9-7-10)14-16-15-13-5-3-4-11(2)17(13)14/h3-9H,1-2H3. The van der Waals surface area contributed by atoms with Crippen molar-refractivity contribution in [1.29, 1.82) is 0 Å². The molecule has 2 aromatic heterocycles. The van der Waals surface area contributed by atoms with Gasteiger partial charge in [-0.1, -0.05) is 35.9 Å². The summed E-state index contributed by atoms with van der Waals surface area (Å²) in [6.07, 6.45) is 0. The van der Waals surface area contributed by atoms with Crippen LogP contribution in [0.3, 0.4) is 0 Å². The van der Waals surface area contributed by atoms with Gasteiger partial charge >= 0.3 is 0 Å². The van der Waals surface area contributed by atoms with Gasteiger partial charge in [-0.2, -0.15) is 0 Å². The maximum atomic E-state index is 4.27. The van der Waals surface area contributed by atoms with Gasteiger partial charge in [0.15, 0.2) is 11.5 Å². The minimum atomic E-state index is 0.889. The molecule has 3 nitrogen and oxygen atoms in total. The molecule has 0 saturated carbocycles. The Morgan fingerprint density at radius 3 is 2.41 bits per heavy atom. The largest absolute Gasteiger partial charge is 0.280 e. The quantitative estimate of drug-likeness (QED) is 0.634. The molecular weight excluding hydrogens is 210 g/mol. The molecular formula is C14H13N3. The van der Waals surface area contributed by atoms with Crippen LogP contribution in [0.4, 0.5) is 0 Å². The molecule has 3 aromatic rings. The molecule has 3 heteroatoms. The van der Waals surface area contributed by atoms with E-state index in [0.29, 0.717) is 0 Å². The second-order valence-corrected chi connectivity index (χ2v) is 4.25. The lowest BCUT2D eigenvalue weighted by Gasteiger charge is -2.03. The molecule has 0 saturated heterocycles. The fourth-order valence-corrected chi connectivity index (χ4v) is 1.99. The summed E-state index contributed by atoms with van der Waals surface area (Å²) in [6.45, 7) is 4.14. The fraction of sp³-hybridized carbons (Fsp3) is 0.143. The van der Waals surface area contributed by atoms with Crippen LogP contribution in [-0.4, -0.2) is 14.6 Å². The monoisotopic (exact) mass is 223 g/mol. The van der Waals surface area contributed by atoms with Gasteiger partial charge in [0.2, 0.25) is 0 Å². The molecule has 0 unspecified atom stereocenters. The molecule has 0 spiro atoms. The predicted octanol–water partition coefficient (Wildman–Crippen LogP) is 3.01. The highest BCUT2D eigenvalue weighted by Gasteiger charge is 2.08. The van der Waals surface area contributed by atoms with E-state index in [1.165, 1.54) is 5.56 Å². The van der Waals surface area contributed by atoms with Crippen molar-refractivity contribution in [2.24, 2.45) is 0 Å². The van der Waals surface area contributed by atoms with Gasteiger partial charge < -0.3 is 0 Å². The number of pyridine rings is 1. The fourth-order valence-electron chi connectivity index (χ4n) is 1.99. The van der Waals surface area contributed by atoms with Gasteiger partial charge in [0.1, 0.15) is 0 Å². The van der Waals surface area contributed by atoms with Crippen molar-refractivity contribution in [3.05, 3.63) is 53.7 Å². The summed E-state index contributed by atoms with van der Waals surface area (Å²) in [5.74, 6) is 0.901. The average molecular weight is 223 g/mol. The van der Waals surface area contributed by atoms with Crippen molar-refractivity contribution >= 4 is 5.65 Å². The van der Waals surface area contributed by atoms with Gasteiger partial charge in [-0.3, -0.25) is 4.40 Å². The third-order valence-electron chi connectivity index (χ3n) is 2.93. The Balaban J connectivity index is 2.27. The molecule has 0 bridgehead atoms. The van der Waals surface area contributed by atoms with Crippen LogP contribution in [0.25, 0.3) is 17.0 Å². The summed E-state index contributed by atoms with van der Waals surface area (Å²) in [4.78, 5) is 0. The molecule has 0 amide bonds. The zero-order valence-electron chi connectivity index (χ0n) is 9.88. The van der Waals surface area contributed by atoms with Gasteiger partial charge in [-0.25, -0.2) is 0 Å². The smallest absolute Gasteiger partial charge is 0.168 e. The van der Waals surface area contributed by atoms with Crippen molar-refractivity contribution in [2.45, 2.75) is 13.8 Å². The second-order valence-electron chi connectivity index (χ2n) is 4.25. The molecule has 3 rings (SSSR count). The van der Waals surface area contributed by atoms with Crippen LogP contribution < -0.4 is 0 Å². The van der Waals surface area contributed by atoms with Crippen LogP contribution in [0, 0.1) is 13.8 Å². The summed E-state index contributed by atoms with van der Waals surface area (Å²) in [7, 11) is 0. The average Bonchev–Trinajstić information content (AvgIpc) is 2.75. The van der Waals surface area contributed by atoms with E-state index in [9.17, 15) is 0 Å². The summed E-state index contributed by atoms with van der Waals surface area (Å²) in [5.41, 5.74) is 4.38. The van der Waals surface area contributed by atoms with E-state index in [0.717, 1.165) is 22.7 Å². The highest BCUT2D eigenvalue weighted by molar-refractivity contribution is 5.60. The van der Waals surface area contributed by atoms with Gasteiger partial charge in [0.25, 0.3) is 0 Å². The summed E-state index contributed by atoms with van der Waals surface area (Å²) in [6, 6.07) is 14.4. The van der Waals surface area contributed by atoms with E-state index in [4.69, 9.17) is 0 Å². The van der Waals surface area contributed by atoms with E-state index >= 15 is 0 Å². The first-order chi connectivity index (χ1) is 8.25. The van der Waals surface area contributed by atoms with Crippen LogP contribution in [0.2, 0.25) is 0 Å². The third-order valence-corrected chi connectivity index (χ3v) is 2.93. The van der Waals surface area contributed by atoms with Gasteiger partial charge in [0, 0.05) is 11.3 Å². The molecule has 0 atom stereocenters. The van der Waals surface area contributed by atoms with Crippen molar-refractivity contribution in [2.75, 3.05) is 0 Å². The molecule has 0 aliphatic rings. The van der Waals surface area contributed by atoms with E-state index in [-0.39, 0.29) is 0 Å². The van der Waals surface area contributed by atoms with Crippen LogP contribution >= 0.6 is 0 Å². The van der Waals surface area contributed by atoms with Crippen LogP contribution in [0.15, 0.2) is 42.5 Å². The van der Waals surface area contributed by atoms with Crippen molar-refractivity contribution in [1.82, 2.24) is 14.6 Å². The van der Waals surface area contributed by atoms with Crippen LogP contribution in [0.1, 0.15) is 11.3 Å². The number of hydrogen-bond donors (Lipinski definition) is 0. The van der Waals surface area contributed by atoms with E-state index in [1.807, 2.05) is 12.1 Å². The minimum Gasteiger partial charge on any atom is -0.280 e. The molecule has 0 aliphatic heterocycles. The number of rotatable bonds is 1. The Hall–Kier alpha value is -2.16. The zero-order valence-corrected chi connectivity index (χ0v) is 9.88. The number of nitrogens with zero attached hydrogens (tertiary/aromatic N) is 3. The lowest BCUT2D eigenvalue weighted by molar-refractivity contribution is 1.08. The maximum absolute atomic E-state index is 4.27. The zero-order chi connectivity index (χ0) is 11.8. The molecule has 0 radical (unpaired) electrons. The van der Waals surface area contributed by atoms with E-state index in [2.05, 4.69) is 58.8 Å². The van der Waals surface area contributed by atoms with E-state index < -0.39 is 0 Å². The lowest BCUT2D eigenvalue weighted by atomic mass is 10.1. The van der Waals surface area contributed by atoms with Crippen molar-refractivity contribution in [3.8, 4) is 11.4 Å².